The largest absolute Gasteiger partial charge is 0.465 e. The molecule has 0 saturated carbocycles. The van der Waals surface area contributed by atoms with Crippen LogP contribution in [0.3, 0.4) is 0 Å². The number of rotatable bonds is 15. The van der Waals surface area contributed by atoms with E-state index in [0.717, 1.165) is 18.4 Å². The van der Waals surface area contributed by atoms with Gasteiger partial charge in [-0.25, -0.2) is 0 Å². The molecule has 0 radical (unpaired) electrons. The standard InChI is InChI=1S/C38H56N2O6/c1-10-12-13-17-21-45-34(44)30-29-32(42)40(28(24-41)22-27-18-15-14-16-19-27)31(38(29)23-26(3)37(30,9)46-38)33(43)39(20-11-2)36(7,8)25-35(4,5)6/h10-11,14-16,18-19,26,28-31,41H,1-2,12-13,17,20-25H2,3-9H3/t26?,28-,29+,30-,31?,37+,38?/m1/s1. The highest BCUT2D eigenvalue weighted by Crippen LogP contribution is 2.66. The van der Waals surface area contributed by atoms with Gasteiger partial charge in [0.2, 0.25) is 11.8 Å². The van der Waals surface area contributed by atoms with Crippen molar-refractivity contribution in [1.82, 2.24) is 9.80 Å². The van der Waals surface area contributed by atoms with E-state index in [2.05, 4.69) is 33.9 Å². The number of hydrogen-bond acceptors (Lipinski definition) is 6. The molecule has 0 aromatic heterocycles. The van der Waals surface area contributed by atoms with Gasteiger partial charge in [0, 0.05) is 12.1 Å². The highest BCUT2D eigenvalue weighted by molar-refractivity contribution is 5.99. The third-order valence-corrected chi connectivity index (χ3v) is 10.5. The number of aliphatic hydroxyl groups is 1. The van der Waals surface area contributed by atoms with Gasteiger partial charge in [0.15, 0.2) is 0 Å². The van der Waals surface area contributed by atoms with Gasteiger partial charge in [0.25, 0.3) is 0 Å². The van der Waals surface area contributed by atoms with Gasteiger partial charge in [-0.05, 0) is 76.2 Å². The van der Waals surface area contributed by atoms with Crippen molar-refractivity contribution in [3.05, 3.63) is 61.2 Å². The summed E-state index contributed by atoms with van der Waals surface area (Å²) in [5.41, 5.74) is -1.94. The third kappa shape index (κ3) is 6.57. The maximum atomic E-state index is 15.2. The van der Waals surface area contributed by atoms with Gasteiger partial charge < -0.3 is 24.4 Å². The van der Waals surface area contributed by atoms with Crippen molar-refractivity contribution < 1.29 is 29.0 Å². The highest BCUT2D eigenvalue weighted by atomic mass is 16.6. The van der Waals surface area contributed by atoms with Crippen molar-refractivity contribution in [2.75, 3.05) is 19.8 Å². The molecule has 2 amide bonds. The highest BCUT2D eigenvalue weighted by Gasteiger charge is 2.81. The lowest BCUT2D eigenvalue weighted by Crippen LogP contribution is -2.62. The van der Waals surface area contributed by atoms with Crippen LogP contribution in [0.5, 0.6) is 0 Å². The summed E-state index contributed by atoms with van der Waals surface area (Å²) in [6.45, 7) is 22.4. The van der Waals surface area contributed by atoms with Crippen LogP contribution in [0.1, 0.15) is 86.1 Å². The Hall–Kier alpha value is -2.97. The summed E-state index contributed by atoms with van der Waals surface area (Å²) in [6, 6.07) is 7.93. The van der Waals surface area contributed by atoms with E-state index in [1.54, 1.807) is 11.0 Å². The van der Waals surface area contributed by atoms with E-state index in [1.165, 1.54) is 0 Å². The predicted molar refractivity (Wildman–Crippen MR) is 180 cm³/mol. The van der Waals surface area contributed by atoms with Crippen LogP contribution in [0.15, 0.2) is 55.6 Å². The summed E-state index contributed by atoms with van der Waals surface area (Å²) in [5, 5.41) is 10.8. The third-order valence-electron chi connectivity index (χ3n) is 10.5. The molecule has 1 spiro atoms. The second-order valence-electron chi connectivity index (χ2n) is 15.7. The van der Waals surface area contributed by atoms with Crippen LogP contribution in [0.2, 0.25) is 0 Å². The molecule has 0 aliphatic carbocycles. The molecular formula is C38H56N2O6. The van der Waals surface area contributed by atoms with Crippen molar-refractivity contribution >= 4 is 17.8 Å². The Labute approximate surface area is 276 Å². The number of carbonyl (C=O) groups is 3. The topological polar surface area (TPSA) is 96.4 Å². The van der Waals surface area contributed by atoms with Crippen molar-refractivity contribution in [2.24, 2.45) is 23.2 Å². The summed E-state index contributed by atoms with van der Waals surface area (Å²) in [4.78, 5) is 47.3. The first-order valence-electron chi connectivity index (χ1n) is 16.9. The summed E-state index contributed by atoms with van der Waals surface area (Å²) in [5.74, 6) is -2.90. The van der Waals surface area contributed by atoms with E-state index < -0.39 is 46.6 Å². The molecule has 3 heterocycles. The fraction of sp³-hybridized carbons (Fsp3) is 0.658. The number of benzene rings is 1. The minimum absolute atomic E-state index is 0.0824. The Kier molecular flexibility index (Phi) is 10.6. The molecule has 3 fully saturated rings. The predicted octanol–water partition coefficient (Wildman–Crippen LogP) is 5.73. The van der Waals surface area contributed by atoms with Crippen LogP contribution in [0, 0.1) is 23.2 Å². The smallest absolute Gasteiger partial charge is 0.312 e. The van der Waals surface area contributed by atoms with Crippen LogP contribution in [0.25, 0.3) is 0 Å². The van der Waals surface area contributed by atoms with Gasteiger partial charge in [-0.3, -0.25) is 14.4 Å². The average molecular weight is 637 g/mol. The molecule has 8 heteroatoms. The zero-order valence-corrected chi connectivity index (χ0v) is 29.1. The van der Waals surface area contributed by atoms with Crippen LogP contribution < -0.4 is 0 Å². The number of esters is 1. The molecule has 3 aliphatic rings. The Morgan fingerprint density at radius 3 is 2.41 bits per heavy atom. The molecule has 254 valence electrons. The minimum Gasteiger partial charge on any atom is -0.465 e. The quantitative estimate of drug-likeness (QED) is 0.150. The molecule has 3 unspecified atom stereocenters. The Morgan fingerprint density at radius 1 is 1.15 bits per heavy atom. The monoisotopic (exact) mass is 636 g/mol. The lowest BCUT2D eigenvalue weighted by Gasteiger charge is -2.46. The second-order valence-corrected chi connectivity index (χ2v) is 15.7. The number of likely N-dealkylation sites (tertiary alicyclic amines) is 1. The van der Waals surface area contributed by atoms with Crippen LogP contribution in [-0.4, -0.2) is 81.3 Å². The minimum atomic E-state index is -1.24. The number of allylic oxidation sites excluding steroid dienone is 1. The molecular weight excluding hydrogens is 580 g/mol. The maximum Gasteiger partial charge on any atom is 0.312 e. The molecule has 8 nitrogen and oxygen atoms in total. The Bertz CT molecular complexity index is 1290. The van der Waals surface area contributed by atoms with Crippen molar-refractivity contribution in [1.29, 1.82) is 0 Å². The normalized spacial score (nSPS) is 29.4. The first kappa shape index (κ1) is 35.9. The molecule has 46 heavy (non-hydrogen) atoms. The zero-order valence-electron chi connectivity index (χ0n) is 29.1. The van der Waals surface area contributed by atoms with Crippen molar-refractivity contribution in [2.45, 2.75) is 116 Å². The fourth-order valence-corrected chi connectivity index (χ4v) is 8.80. The first-order chi connectivity index (χ1) is 21.6. The van der Waals surface area contributed by atoms with Crippen LogP contribution in [0.4, 0.5) is 0 Å². The molecule has 3 saturated heterocycles. The van der Waals surface area contributed by atoms with Crippen molar-refractivity contribution in [3.63, 3.8) is 0 Å². The van der Waals surface area contributed by atoms with E-state index in [4.69, 9.17) is 9.47 Å². The molecule has 1 aromatic rings. The lowest BCUT2D eigenvalue weighted by molar-refractivity contribution is -0.165. The molecule has 4 rings (SSSR count). The number of unbranched alkanes of at least 4 members (excludes halogenated alkanes) is 2. The summed E-state index contributed by atoms with van der Waals surface area (Å²) in [6.07, 6.45) is 7.44. The number of nitrogens with zero attached hydrogens (tertiary/aromatic N) is 2. The summed E-state index contributed by atoms with van der Waals surface area (Å²) in [7, 11) is 0. The zero-order chi connectivity index (χ0) is 34.1. The summed E-state index contributed by atoms with van der Waals surface area (Å²) < 4.78 is 12.8. The van der Waals surface area contributed by atoms with Gasteiger partial charge >= 0.3 is 5.97 Å². The van der Waals surface area contributed by atoms with Gasteiger partial charge in [0.1, 0.15) is 17.6 Å². The van der Waals surface area contributed by atoms with E-state index in [9.17, 15) is 14.7 Å². The number of fused-ring (bicyclic) bond motifs is 1. The van der Waals surface area contributed by atoms with Gasteiger partial charge in [-0.2, -0.15) is 0 Å². The number of hydrogen-bond donors (Lipinski definition) is 1. The van der Waals surface area contributed by atoms with Gasteiger partial charge in [-0.15, -0.1) is 13.2 Å². The maximum absolute atomic E-state index is 15.2. The van der Waals surface area contributed by atoms with E-state index in [1.807, 2.05) is 69.0 Å². The van der Waals surface area contributed by atoms with Gasteiger partial charge in [0.05, 0.1) is 30.8 Å². The molecule has 1 N–H and O–H groups in total. The lowest BCUT2D eigenvalue weighted by atomic mass is 9.62. The van der Waals surface area contributed by atoms with Crippen LogP contribution >= 0.6 is 0 Å². The second kappa shape index (κ2) is 13.6. The molecule has 7 atom stereocenters. The molecule has 1 aromatic carbocycles. The average Bonchev–Trinajstić information content (AvgIpc) is 3.49. The molecule has 2 bridgehead atoms. The number of ether oxygens (including phenoxy) is 2. The Balaban J connectivity index is 1.82. The fourth-order valence-electron chi connectivity index (χ4n) is 8.80. The Morgan fingerprint density at radius 2 is 1.83 bits per heavy atom. The number of carbonyl (C=O) groups excluding carboxylic acids is 3. The SMILES string of the molecule is C=CCCCCOC(=O)[C@H]1[C@H]2C(=O)N([C@@H](CO)Cc3ccccc3)C(C(=O)N(CC=C)C(C)(C)CC(C)(C)C)C23CC(C)[C@]1(C)O3. The van der Waals surface area contributed by atoms with Crippen LogP contribution in [-0.2, 0) is 30.3 Å². The first-order valence-corrected chi connectivity index (χ1v) is 16.9. The van der Waals surface area contributed by atoms with E-state index >= 15 is 4.79 Å². The van der Waals surface area contributed by atoms with E-state index in [-0.39, 0.29) is 42.9 Å². The number of aliphatic hydroxyl groups excluding tert-OH is 1. The van der Waals surface area contributed by atoms with Gasteiger partial charge in [-0.1, -0.05) is 70.2 Å². The summed E-state index contributed by atoms with van der Waals surface area (Å²) >= 11 is 0. The molecule has 3 aliphatic heterocycles. The number of amides is 2. The van der Waals surface area contributed by atoms with E-state index in [0.29, 0.717) is 25.7 Å². The van der Waals surface area contributed by atoms with Crippen molar-refractivity contribution in [3.8, 4) is 0 Å².